The molecule has 0 fully saturated rings. The monoisotopic (exact) mass is 593 g/mol. The first-order valence-corrected chi connectivity index (χ1v) is 11.5. The number of rotatable bonds is 14. The normalized spacial score (nSPS) is 12.2. The summed E-state index contributed by atoms with van der Waals surface area (Å²) in [5, 5.41) is 0. The molecule has 0 aliphatic rings. The first-order chi connectivity index (χ1) is 15.2. The zero-order valence-electron chi connectivity index (χ0n) is 19.2. The van der Waals surface area contributed by atoms with Gasteiger partial charge in [-0.1, -0.05) is 43.7 Å². The molecule has 0 bridgehead atoms. The van der Waals surface area contributed by atoms with Crippen molar-refractivity contribution in [3.8, 4) is 24.7 Å². The summed E-state index contributed by atoms with van der Waals surface area (Å²) >= 11 is 6.41. The number of halogens is 2. The minimum Gasteiger partial charge on any atom is -0.463 e. The Morgan fingerprint density at radius 3 is 1.64 bits per heavy atom. The minimum absolute atomic E-state index is 0.0301. The molecule has 1 unspecified atom stereocenters. The van der Waals surface area contributed by atoms with Gasteiger partial charge in [0.25, 0.3) is 0 Å². The maximum absolute atomic E-state index is 12.6. The van der Waals surface area contributed by atoms with Crippen molar-refractivity contribution in [3.05, 3.63) is 0 Å². The lowest BCUT2D eigenvalue weighted by Gasteiger charge is -2.29. The molecule has 0 rings (SSSR count). The smallest absolute Gasteiger partial charge is 0.324 e. The topological polar surface area (TPSA) is 108 Å². The van der Waals surface area contributed by atoms with Crippen LogP contribution in [0.3, 0.4) is 0 Å². The van der Waals surface area contributed by atoms with Crippen LogP contribution in [0.2, 0.25) is 0 Å². The Kier molecular flexibility index (Phi) is 14.0. The van der Waals surface area contributed by atoms with E-state index in [-0.39, 0.29) is 39.5 Å². The van der Waals surface area contributed by atoms with Crippen LogP contribution in [0, 0.1) is 24.7 Å². The van der Waals surface area contributed by atoms with Crippen molar-refractivity contribution >= 4 is 55.7 Å². The third-order valence-electron chi connectivity index (χ3n) is 3.88. The molecule has 0 saturated carbocycles. The van der Waals surface area contributed by atoms with Gasteiger partial charge in [0.15, 0.2) is 13.2 Å². The fraction of sp³-hybridized carbons (Fsp3) is 0.636. The molecule has 1 atom stereocenters. The molecule has 0 amide bonds. The van der Waals surface area contributed by atoms with Crippen molar-refractivity contribution in [2.75, 3.05) is 39.5 Å². The van der Waals surface area contributed by atoms with Crippen LogP contribution < -0.4 is 0 Å². The Balaban J connectivity index is 5.52. The summed E-state index contributed by atoms with van der Waals surface area (Å²) in [4.78, 5) is 50.3. The van der Waals surface area contributed by atoms with E-state index in [0.717, 1.165) is 0 Å². The van der Waals surface area contributed by atoms with Gasteiger partial charge < -0.3 is 18.9 Å². The molecule has 9 nitrogen and oxygen atoms in total. The number of hydrogen-bond donors (Lipinski definition) is 0. The fourth-order valence-electron chi connectivity index (χ4n) is 2.19. The molecular formula is C22H29Br2NO8. The van der Waals surface area contributed by atoms with Crippen LogP contribution in [0.15, 0.2) is 0 Å². The highest BCUT2D eigenvalue weighted by molar-refractivity contribution is 9.10. The van der Waals surface area contributed by atoms with Crippen molar-refractivity contribution < 1.29 is 38.1 Å². The van der Waals surface area contributed by atoms with E-state index < -0.39 is 45.0 Å². The van der Waals surface area contributed by atoms with Crippen LogP contribution in [0.5, 0.6) is 0 Å². The lowest BCUT2D eigenvalue weighted by Crippen LogP contribution is -2.47. The number of hydrogen-bond acceptors (Lipinski definition) is 9. The van der Waals surface area contributed by atoms with Gasteiger partial charge in [0, 0.05) is 13.1 Å². The molecule has 0 aromatic heterocycles. The van der Waals surface area contributed by atoms with Gasteiger partial charge in [-0.2, -0.15) is 0 Å². The molecule has 0 aliphatic heterocycles. The summed E-state index contributed by atoms with van der Waals surface area (Å²) in [5.74, 6) is 1.78. The van der Waals surface area contributed by atoms with Crippen molar-refractivity contribution in [2.24, 2.45) is 0 Å². The summed E-state index contributed by atoms with van der Waals surface area (Å²) < 4.78 is 18.5. The fourth-order valence-corrected chi connectivity index (χ4v) is 2.42. The van der Waals surface area contributed by atoms with Crippen LogP contribution in [0.1, 0.15) is 34.1 Å². The lowest BCUT2D eigenvalue weighted by atomic mass is 10.1. The van der Waals surface area contributed by atoms with Crippen LogP contribution in [-0.4, -0.2) is 83.0 Å². The highest BCUT2D eigenvalue weighted by Crippen LogP contribution is 2.19. The first kappa shape index (κ1) is 30.9. The van der Waals surface area contributed by atoms with Gasteiger partial charge in [-0.25, -0.2) is 0 Å². The molecule has 33 heavy (non-hydrogen) atoms. The number of alkyl halides is 2. The summed E-state index contributed by atoms with van der Waals surface area (Å²) in [7, 11) is 0. The van der Waals surface area contributed by atoms with Gasteiger partial charge in [-0.3, -0.25) is 24.1 Å². The molecule has 184 valence electrons. The summed E-state index contributed by atoms with van der Waals surface area (Å²) in [6.07, 6.45) is 9.84. The summed E-state index contributed by atoms with van der Waals surface area (Å²) in [6, 6.07) is -1.14. The van der Waals surface area contributed by atoms with Gasteiger partial charge in [-0.05, 0) is 27.7 Å². The second-order valence-corrected chi connectivity index (χ2v) is 11.6. The van der Waals surface area contributed by atoms with Gasteiger partial charge in [0.2, 0.25) is 0 Å². The molecule has 0 aliphatic carbocycles. The third kappa shape index (κ3) is 13.3. The Labute approximate surface area is 211 Å². The zero-order valence-corrected chi connectivity index (χ0v) is 22.3. The summed E-state index contributed by atoms with van der Waals surface area (Å²) in [6.45, 7) is 5.76. The highest BCUT2D eigenvalue weighted by atomic mass is 79.9. The van der Waals surface area contributed by atoms with E-state index in [0.29, 0.717) is 0 Å². The lowest BCUT2D eigenvalue weighted by molar-refractivity contribution is -0.157. The maximum atomic E-state index is 12.6. The molecule has 0 radical (unpaired) electrons. The number of ether oxygens (including phenoxy) is 4. The van der Waals surface area contributed by atoms with E-state index in [1.54, 1.807) is 27.7 Å². The second-order valence-electron chi connectivity index (χ2n) is 7.65. The van der Waals surface area contributed by atoms with E-state index in [1.807, 2.05) is 0 Å². The van der Waals surface area contributed by atoms with E-state index in [2.05, 4.69) is 43.7 Å². The predicted molar refractivity (Wildman–Crippen MR) is 127 cm³/mol. The number of terminal acetylenes is 2. The van der Waals surface area contributed by atoms with Gasteiger partial charge in [0.1, 0.15) is 27.9 Å². The molecule has 0 N–H and O–H groups in total. The average Bonchev–Trinajstić information content (AvgIpc) is 2.71. The molecule has 0 saturated heterocycles. The van der Waals surface area contributed by atoms with Gasteiger partial charge >= 0.3 is 23.9 Å². The number of carbonyl (C=O) groups excluding carboxylic acids is 4. The molecule has 0 heterocycles. The average molecular weight is 595 g/mol. The zero-order chi connectivity index (χ0) is 25.7. The number of esters is 4. The van der Waals surface area contributed by atoms with Crippen molar-refractivity contribution in [1.82, 2.24) is 4.90 Å². The SMILES string of the molecule is C#CCOC(=O)CC(C(=O)OCC#C)N(CCOC(=O)C(C)(C)Br)CCOC(=O)C(C)(C)Br. The maximum Gasteiger partial charge on any atom is 0.324 e. The van der Waals surface area contributed by atoms with E-state index in [1.165, 1.54) is 4.90 Å². The van der Waals surface area contributed by atoms with Crippen molar-refractivity contribution in [3.63, 3.8) is 0 Å². The predicted octanol–water partition coefficient (Wildman–Crippen LogP) is 1.83. The second kappa shape index (κ2) is 14.9. The Hall–Kier alpha value is -2.08. The summed E-state index contributed by atoms with van der Waals surface area (Å²) in [5.41, 5.74) is 0. The first-order valence-electron chi connectivity index (χ1n) is 9.89. The quantitative estimate of drug-likeness (QED) is 0.129. The largest absolute Gasteiger partial charge is 0.463 e. The van der Waals surface area contributed by atoms with Gasteiger partial charge in [-0.15, -0.1) is 12.8 Å². The van der Waals surface area contributed by atoms with E-state index in [9.17, 15) is 19.2 Å². The van der Waals surface area contributed by atoms with Crippen LogP contribution in [-0.2, 0) is 38.1 Å². The Morgan fingerprint density at radius 1 is 0.818 bits per heavy atom. The third-order valence-corrected chi connectivity index (χ3v) is 4.53. The Morgan fingerprint density at radius 2 is 1.24 bits per heavy atom. The van der Waals surface area contributed by atoms with E-state index in [4.69, 9.17) is 31.8 Å². The molecular weight excluding hydrogens is 566 g/mol. The standard InChI is InChI=1S/C22H29Br2NO8/c1-7-11-30-17(26)15-16(18(27)31-12-8-2)25(9-13-32-19(28)21(3,4)23)10-14-33-20(29)22(5,6)24/h1-2,16H,9-15H2,3-6H3. The molecule has 0 spiro atoms. The van der Waals surface area contributed by atoms with Crippen molar-refractivity contribution in [2.45, 2.75) is 48.8 Å². The number of carbonyl (C=O) groups is 4. The minimum atomic E-state index is -1.14. The van der Waals surface area contributed by atoms with Crippen LogP contribution in [0.4, 0.5) is 0 Å². The highest BCUT2D eigenvalue weighted by Gasteiger charge is 2.32. The molecule has 0 aromatic carbocycles. The number of nitrogens with zero attached hydrogens (tertiary/aromatic N) is 1. The van der Waals surface area contributed by atoms with Crippen molar-refractivity contribution in [1.29, 1.82) is 0 Å². The van der Waals surface area contributed by atoms with E-state index >= 15 is 0 Å². The van der Waals surface area contributed by atoms with Crippen LogP contribution in [0.25, 0.3) is 0 Å². The van der Waals surface area contributed by atoms with Gasteiger partial charge in [0.05, 0.1) is 6.42 Å². The Bertz CT molecular complexity index is 739. The molecule has 11 heteroatoms. The molecule has 0 aromatic rings. The van der Waals surface area contributed by atoms with Crippen LogP contribution >= 0.6 is 31.9 Å².